The first-order valence-electron chi connectivity index (χ1n) is 18.6. The van der Waals surface area contributed by atoms with Gasteiger partial charge in [-0.3, -0.25) is 0 Å². The predicted molar refractivity (Wildman–Crippen MR) is 239 cm³/mol. The van der Waals surface area contributed by atoms with Crippen molar-refractivity contribution in [3.8, 4) is 17.2 Å². The number of ether oxygens (including phenoxy) is 5. The number of nitrogens with one attached hydrogen (secondary N) is 1. The van der Waals surface area contributed by atoms with E-state index in [1.807, 2.05) is 123 Å². The first-order chi connectivity index (χ1) is 27.7. The molecule has 4 aromatic carbocycles. The summed E-state index contributed by atoms with van der Waals surface area (Å²) in [5, 5.41) is 8.72. The number of methoxy groups -OCH3 is 1. The molecule has 0 amide bonds. The largest absolute Gasteiger partial charge is 0.496 e. The number of nitrogen functional groups attached to an aromatic ring is 1. The van der Waals surface area contributed by atoms with Gasteiger partial charge >= 0.3 is 11.9 Å². The van der Waals surface area contributed by atoms with Crippen LogP contribution in [-0.2, 0) is 25.5 Å². The molecule has 0 atom stereocenters. The number of hydrogen-bond acceptors (Lipinski definition) is 12. The lowest BCUT2D eigenvalue weighted by Crippen LogP contribution is -2.40. The molecule has 13 heteroatoms. The number of thiazole rings is 1. The molecular weight excluding hydrogens is 790 g/mol. The van der Waals surface area contributed by atoms with Gasteiger partial charge in [0.25, 0.3) is 0 Å². The zero-order valence-electron chi connectivity index (χ0n) is 35.3. The van der Waals surface area contributed by atoms with Crippen LogP contribution in [0.15, 0.2) is 97.6 Å². The number of nitrogens with zero attached hydrogens (tertiary/aromatic N) is 1. The van der Waals surface area contributed by atoms with E-state index in [9.17, 15) is 9.59 Å². The van der Waals surface area contributed by atoms with Crippen LogP contribution in [0.4, 0.5) is 5.13 Å². The van der Waals surface area contributed by atoms with E-state index in [0.717, 1.165) is 26.6 Å². The fraction of sp³-hybridized carbons (Fsp3) is 0.326. The third kappa shape index (κ3) is 18.2. The summed E-state index contributed by atoms with van der Waals surface area (Å²) in [5.41, 5.74) is 8.44. The second-order valence-electron chi connectivity index (χ2n) is 15.2. The van der Waals surface area contributed by atoms with E-state index >= 15 is 0 Å². The number of esters is 2. The first kappa shape index (κ1) is 49.4. The molecule has 0 bridgehead atoms. The zero-order valence-corrected chi connectivity index (χ0v) is 36.9. The number of rotatable bonds is 13. The van der Waals surface area contributed by atoms with Crippen LogP contribution < -0.4 is 19.9 Å². The third-order valence-corrected chi connectivity index (χ3v) is 8.85. The lowest BCUT2D eigenvalue weighted by Gasteiger charge is -2.34. The van der Waals surface area contributed by atoms with Gasteiger partial charge in [0.15, 0.2) is 5.13 Å². The van der Waals surface area contributed by atoms with E-state index in [4.69, 9.17) is 51.2 Å². The van der Waals surface area contributed by atoms with Gasteiger partial charge in [0.1, 0.15) is 40.8 Å². The highest BCUT2D eigenvalue weighted by Crippen LogP contribution is 2.29. The molecule has 0 fully saturated rings. The minimum Gasteiger partial charge on any atom is -0.496 e. The van der Waals surface area contributed by atoms with Crippen molar-refractivity contribution in [2.45, 2.75) is 85.0 Å². The molecule has 0 radical (unpaired) electrons. The van der Waals surface area contributed by atoms with Gasteiger partial charge in [-0.2, -0.15) is 0 Å². The SMILES string of the molecule is C=CC(=O)OC(C)(C)CC(C)(C)Oc1ccc(C)cc1.C=O.COc1ccc(CCOC(=O)c2ccc(OC(C)(C)C)cc2)cc1C=N.Nc1nc2ccc(Cl)cc2s1. The van der Waals surface area contributed by atoms with Gasteiger partial charge in [-0.25, -0.2) is 14.6 Å². The van der Waals surface area contributed by atoms with Crippen molar-refractivity contribution in [2.24, 2.45) is 0 Å². The zero-order chi connectivity index (χ0) is 44.4. The van der Waals surface area contributed by atoms with E-state index in [1.165, 1.54) is 29.2 Å². The van der Waals surface area contributed by atoms with Gasteiger partial charge in [-0.05, 0) is 128 Å². The summed E-state index contributed by atoms with van der Waals surface area (Å²) in [5.74, 6) is 1.39. The Morgan fingerprint density at radius 1 is 0.864 bits per heavy atom. The Kier molecular flexibility index (Phi) is 19.3. The van der Waals surface area contributed by atoms with E-state index in [2.05, 4.69) is 11.6 Å². The lowest BCUT2D eigenvalue weighted by molar-refractivity contribution is -0.154. The molecule has 0 saturated heterocycles. The molecule has 316 valence electrons. The Balaban J connectivity index is 0.000000320. The molecule has 0 spiro atoms. The lowest BCUT2D eigenvalue weighted by atomic mass is 9.92. The summed E-state index contributed by atoms with van der Waals surface area (Å²) in [6, 6.07) is 25.9. The number of aromatic nitrogens is 1. The standard InChI is InChI=1S/C21H25NO4.C17H24O3.C7H5ClN2S.CH2O/c1-21(2,3)26-18-8-6-16(7-9-18)20(23)25-12-11-15-5-10-19(24-4)17(13-15)14-22;1-7-15(18)20-17(5,6)12-16(3,4)19-14-10-8-13(2)9-11-14;8-4-1-2-5-6(3-4)11-7(9)10-5;1-2/h5-10,13-14,22H,11-12H2,1-4H3;7-11H,1,12H2,2-6H3;1-3H,(H2,9,10);1H2. The molecule has 0 aliphatic heterocycles. The fourth-order valence-electron chi connectivity index (χ4n) is 5.66. The Morgan fingerprint density at radius 3 is 2.05 bits per heavy atom. The topological polar surface area (TPSA) is 160 Å². The Bertz CT molecular complexity index is 2130. The number of hydrogen-bond donors (Lipinski definition) is 2. The van der Waals surface area contributed by atoms with Crippen LogP contribution in [-0.4, -0.2) is 60.4 Å². The van der Waals surface area contributed by atoms with Crippen molar-refractivity contribution in [2.75, 3.05) is 19.5 Å². The van der Waals surface area contributed by atoms with Crippen LogP contribution >= 0.6 is 22.9 Å². The van der Waals surface area contributed by atoms with Crippen molar-refractivity contribution in [3.05, 3.63) is 125 Å². The van der Waals surface area contributed by atoms with Gasteiger partial charge in [0.2, 0.25) is 0 Å². The molecule has 0 saturated carbocycles. The maximum absolute atomic E-state index is 12.1. The van der Waals surface area contributed by atoms with E-state index < -0.39 is 17.2 Å². The van der Waals surface area contributed by atoms with Crippen LogP contribution in [0, 0.1) is 12.3 Å². The summed E-state index contributed by atoms with van der Waals surface area (Å²) in [7, 11) is 1.57. The number of benzene rings is 4. The number of carbonyl (C=O) groups excluding carboxylic acids is 3. The maximum Gasteiger partial charge on any atom is 0.338 e. The number of aryl methyl sites for hydroxylation is 1. The maximum atomic E-state index is 12.1. The van der Waals surface area contributed by atoms with Gasteiger partial charge in [0.05, 0.1) is 29.5 Å². The molecule has 5 aromatic rings. The van der Waals surface area contributed by atoms with E-state index in [-0.39, 0.29) is 18.2 Å². The molecule has 11 nitrogen and oxygen atoms in total. The third-order valence-electron chi connectivity index (χ3n) is 7.76. The van der Waals surface area contributed by atoms with Crippen LogP contribution in [0.25, 0.3) is 10.2 Å². The number of halogens is 1. The molecule has 59 heavy (non-hydrogen) atoms. The summed E-state index contributed by atoms with van der Waals surface area (Å²) in [6.07, 6.45) is 3.57. The Hall–Kier alpha value is -5.72. The minimum absolute atomic E-state index is 0.267. The predicted octanol–water partition coefficient (Wildman–Crippen LogP) is 10.7. The number of nitrogens with two attached hydrogens (primary N) is 1. The minimum atomic E-state index is -0.612. The molecular formula is C46H56ClN3O8S. The van der Waals surface area contributed by atoms with Crippen molar-refractivity contribution in [1.82, 2.24) is 4.98 Å². The van der Waals surface area contributed by atoms with Gasteiger partial charge in [-0.15, -0.1) is 0 Å². The number of fused-ring (bicyclic) bond motifs is 1. The van der Waals surface area contributed by atoms with Crippen LogP contribution in [0.2, 0.25) is 5.02 Å². The molecule has 0 aliphatic rings. The Labute approximate surface area is 357 Å². The second kappa shape index (κ2) is 23.0. The summed E-state index contributed by atoms with van der Waals surface area (Å²) in [6.45, 7) is 21.3. The average Bonchev–Trinajstić information content (AvgIpc) is 3.54. The fourth-order valence-corrected chi connectivity index (χ4v) is 6.67. The summed E-state index contributed by atoms with van der Waals surface area (Å²) >= 11 is 7.21. The smallest absolute Gasteiger partial charge is 0.338 e. The monoisotopic (exact) mass is 845 g/mol. The summed E-state index contributed by atoms with van der Waals surface area (Å²) in [4.78, 5) is 35.6. The molecule has 1 aromatic heterocycles. The van der Waals surface area contributed by atoms with Gasteiger partial charge in [-0.1, -0.05) is 53.3 Å². The first-order valence-corrected chi connectivity index (χ1v) is 19.8. The average molecular weight is 846 g/mol. The highest BCUT2D eigenvalue weighted by Gasteiger charge is 2.33. The molecule has 0 aliphatic carbocycles. The van der Waals surface area contributed by atoms with Crippen LogP contribution in [0.5, 0.6) is 17.2 Å². The molecule has 5 rings (SSSR count). The highest BCUT2D eigenvalue weighted by atomic mass is 35.5. The highest BCUT2D eigenvalue weighted by molar-refractivity contribution is 7.22. The summed E-state index contributed by atoms with van der Waals surface area (Å²) < 4.78 is 28.6. The van der Waals surface area contributed by atoms with Crippen LogP contribution in [0.1, 0.15) is 81.9 Å². The molecule has 1 heterocycles. The van der Waals surface area contributed by atoms with E-state index in [0.29, 0.717) is 40.6 Å². The quantitative estimate of drug-likeness (QED) is 0.0663. The van der Waals surface area contributed by atoms with Gasteiger partial charge in [0, 0.05) is 35.7 Å². The Morgan fingerprint density at radius 2 is 1.47 bits per heavy atom. The number of anilines is 1. The van der Waals surface area contributed by atoms with Crippen molar-refractivity contribution >= 4 is 63.2 Å². The van der Waals surface area contributed by atoms with Crippen molar-refractivity contribution in [1.29, 1.82) is 5.41 Å². The van der Waals surface area contributed by atoms with Gasteiger partial charge < -0.3 is 39.6 Å². The van der Waals surface area contributed by atoms with Crippen LogP contribution in [0.3, 0.4) is 0 Å². The normalized spacial score (nSPS) is 10.9. The number of carbonyl (C=O) groups is 3. The molecule has 0 unspecified atom stereocenters. The van der Waals surface area contributed by atoms with E-state index in [1.54, 1.807) is 31.4 Å². The second-order valence-corrected chi connectivity index (χ2v) is 16.7. The van der Waals surface area contributed by atoms with Crippen molar-refractivity contribution in [3.63, 3.8) is 0 Å². The molecule has 3 N–H and O–H groups in total. The van der Waals surface area contributed by atoms with Crippen molar-refractivity contribution < 1.29 is 38.1 Å².